The Morgan fingerprint density at radius 1 is 1.07 bits per heavy atom. The number of carbonyl (C=O) groups is 1. The van der Waals surface area contributed by atoms with E-state index in [1.54, 1.807) is 18.5 Å². The molecule has 0 saturated carbocycles. The number of nitrogen functional groups attached to an aromatic ring is 1. The summed E-state index contributed by atoms with van der Waals surface area (Å²) in [7, 11) is 0. The fourth-order valence-electron chi connectivity index (χ4n) is 3.14. The Balaban J connectivity index is 1.61. The molecule has 6 nitrogen and oxygen atoms in total. The van der Waals surface area contributed by atoms with Crippen molar-refractivity contribution in [2.45, 2.75) is 13.5 Å². The first-order chi connectivity index (χ1) is 13.6. The minimum atomic E-state index is -0.134. The van der Waals surface area contributed by atoms with E-state index < -0.39 is 0 Å². The lowest BCUT2D eigenvalue weighted by Crippen LogP contribution is -2.22. The number of aryl methyl sites for hydroxylation is 1. The number of anilines is 1. The Labute approximate surface area is 162 Å². The number of carbonyl (C=O) groups excluding carboxylic acids is 1. The second-order valence-corrected chi connectivity index (χ2v) is 6.59. The molecule has 0 aliphatic carbocycles. The summed E-state index contributed by atoms with van der Waals surface area (Å²) in [5.74, 6) is 0.247. The maximum atomic E-state index is 12.6. The summed E-state index contributed by atoms with van der Waals surface area (Å²) in [5.41, 5.74) is 11.1. The van der Waals surface area contributed by atoms with E-state index in [-0.39, 0.29) is 5.91 Å². The highest BCUT2D eigenvalue weighted by atomic mass is 16.1. The number of rotatable bonds is 4. The van der Waals surface area contributed by atoms with E-state index in [9.17, 15) is 4.79 Å². The molecular weight excluding hydrogens is 350 g/mol. The number of nitrogens with two attached hydrogens (primary N) is 1. The van der Waals surface area contributed by atoms with Gasteiger partial charge in [0.05, 0.1) is 10.9 Å². The predicted octanol–water partition coefficient (Wildman–Crippen LogP) is 3.51. The van der Waals surface area contributed by atoms with Crippen LogP contribution in [0.2, 0.25) is 0 Å². The molecule has 4 aromatic rings. The van der Waals surface area contributed by atoms with Gasteiger partial charge in [0.1, 0.15) is 12.1 Å². The molecule has 0 saturated heterocycles. The van der Waals surface area contributed by atoms with Crippen molar-refractivity contribution in [3.05, 3.63) is 83.9 Å². The third-order valence-corrected chi connectivity index (χ3v) is 4.55. The molecule has 0 bridgehead atoms. The number of nitrogens with one attached hydrogen (secondary N) is 1. The zero-order chi connectivity index (χ0) is 19.5. The highest BCUT2D eigenvalue weighted by Gasteiger charge is 2.11. The van der Waals surface area contributed by atoms with E-state index in [2.05, 4.69) is 26.3 Å². The van der Waals surface area contributed by atoms with Crippen LogP contribution in [0.25, 0.3) is 22.0 Å². The quantitative estimate of drug-likeness (QED) is 0.574. The van der Waals surface area contributed by atoms with Crippen molar-refractivity contribution in [2.75, 3.05) is 5.73 Å². The molecule has 0 unspecified atom stereocenters. The second kappa shape index (κ2) is 7.44. The van der Waals surface area contributed by atoms with Gasteiger partial charge >= 0.3 is 0 Å². The topological polar surface area (TPSA) is 93.8 Å². The van der Waals surface area contributed by atoms with Crippen LogP contribution in [0.1, 0.15) is 21.5 Å². The van der Waals surface area contributed by atoms with Crippen LogP contribution in [0.15, 0.2) is 67.3 Å². The first-order valence-electron chi connectivity index (χ1n) is 8.90. The number of hydrogen-bond donors (Lipinski definition) is 2. The molecule has 2 heterocycles. The van der Waals surface area contributed by atoms with Gasteiger partial charge in [-0.15, -0.1) is 0 Å². The Kier molecular flexibility index (Phi) is 4.68. The van der Waals surface area contributed by atoms with E-state index in [4.69, 9.17) is 5.73 Å². The second-order valence-electron chi connectivity index (χ2n) is 6.59. The van der Waals surface area contributed by atoms with E-state index in [1.165, 1.54) is 11.9 Å². The molecular formula is C22H19N5O. The van der Waals surface area contributed by atoms with Crippen LogP contribution in [0.3, 0.4) is 0 Å². The van der Waals surface area contributed by atoms with Gasteiger partial charge in [0.15, 0.2) is 0 Å². The Morgan fingerprint density at radius 2 is 1.93 bits per heavy atom. The number of nitrogens with zero attached hydrogens (tertiary/aromatic N) is 3. The molecule has 3 N–H and O–H groups in total. The number of aromatic nitrogens is 3. The molecule has 2 aromatic heterocycles. The fourth-order valence-corrected chi connectivity index (χ4v) is 3.14. The first kappa shape index (κ1) is 17.6. The summed E-state index contributed by atoms with van der Waals surface area (Å²) in [4.78, 5) is 25.2. The number of benzene rings is 2. The summed E-state index contributed by atoms with van der Waals surface area (Å²) in [6.07, 6.45) is 4.80. The fraction of sp³-hybridized carbons (Fsp3) is 0.0909. The number of amides is 1. The molecule has 0 aliphatic rings. The molecule has 1 amide bonds. The molecule has 4 rings (SSSR count). The average Bonchev–Trinajstić information content (AvgIpc) is 2.72. The third-order valence-electron chi connectivity index (χ3n) is 4.55. The van der Waals surface area contributed by atoms with Crippen LogP contribution in [-0.2, 0) is 6.54 Å². The van der Waals surface area contributed by atoms with Gasteiger partial charge in [-0.25, -0.2) is 9.97 Å². The zero-order valence-electron chi connectivity index (χ0n) is 15.4. The van der Waals surface area contributed by atoms with Gasteiger partial charge < -0.3 is 11.1 Å². The van der Waals surface area contributed by atoms with Gasteiger partial charge in [-0.3, -0.25) is 9.78 Å². The van der Waals surface area contributed by atoms with Crippen LogP contribution >= 0.6 is 0 Å². The molecule has 6 heteroatoms. The maximum Gasteiger partial charge on any atom is 0.251 e. The normalized spacial score (nSPS) is 10.8. The molecule has 0 spiro atoms. The zero-order valence-corrected chi connectivity index (χ0v) is 15.4. The van der Waals surface area contributed by atoms with Crippen molar-refractivity contribution in [1.82, 2.24) is 20.3 Å². The van der Waals surface area contributed by atoms with Crippen molar-refractivity contribution in [2.24, 2.45) is 0 Å². The van der Waals surface area contributed by atoms with Crippen LogP contribution in [0, 0.1) is 6.92 Å². The van der Waals surface area contributed by atoms with Crippen molar-refractivity contribution in [1.29, 1.82) is 0 Å². The molecule has 0 aliphatic heterocycles. The summed E-state index contributed by atoms with van der Waals surface area (Å²) in [6.45, 7) is 2.51. The van der Waals surface area contributed by atoms with Crippen LogP contribution in [-0.4, -0.2) is 20.9 Å². The summed E-state index contributed by atoms with van der Waals surface area (Å²) in [6, 6.07) is 15.5. The van der Waals surface area contributed by atoms with Gasteiger partial charge in [-0.1, -0.05) is 42.0 Å². The first-order valence-corrected chi connectivity index (χ1v) is 8.90. The van der Waals surface area contributed by atoms with Crippen LogP contribution < -0.4 is 11.1 Å². The minimum Gasteiger partial charge on any atom is -0.383 e. The maximum absolute atomic E-state index is 12.6. The summed E-state index contributed by atoms with van der Waals surface area (Å²) >= 11 is 0. The van der Waals surface area contributed by atoms with Crippen molar-refractivity contribution in [3.8, 4) is 11.1 Å². The van der Waals surface area contributed by atoms with Crippen molar-refractivity contribution >= 4 is 22.6 Å². The summed E-state index contributed by atoms with van der Waals surface area (Å²) < 4.78 is 0. The molecule has 0 radical (unpaired) electrons. The lowest BCUT2D eigenvalue weighted by atomic mass is 10.0. The smallest absolute Gasteiger partial charge is 0.251 e. The molecule has 0 fully saturated rings. The standard InChI is InChI=1S/C22H19N5O/c1-14-4-2-5-15(8-14)10-25-22(28)17-7-3-6-16(9-17)18-11-24-12-19-20(18)26-13-27-21(19)23/h2-9,11-13H,10H2,1H3,(H,25,28)(H2,23,26,27). The lowest BCUT2D eigenvalue weighted by Gasteiger charge is -2.09. The Morgan fingerprint density at radius 3 is 2.79 bits per heavy atom. The average molecular weight is 369 g/mol. The monoisotopic (exact) mass is 369 g/mol. The number of fused-ring (bicyclic) bond motifs is 1. The van der Waals surface area contributed by atoms with Crippen molar-refractivity contribution < 1.29 is 4.79 Å². The molecule has 0 atom stereocenters. The Bertz CT molecular complexity index is 1170. The van der Waals surface area contributed by atoms with Gasteiger partial charge in [-0.05, 0) is 30.2 Å². The third kappa shape index (κ3) is 3.53. The Hall–Kier alpha value is -3.80. The SMILES string of the molecule is Cc1cccc(CNC(=O)c2cccc(-c3cncc4c(N)ncnc34)c2)c1. The van der Waals surface area contributed by atoms with E-state index in [0.717, 1.165) is 16.7 Å². The molecule has 28 heavy (non-hydrogen) atoms. The van der Waals surface area contributed by atoms with E-state index in [0.29, 0.717) is 28.8 Å². The van der Waals surface area contributed by atoms with Crippen LogP contribution in [0.5, 0.6) is 0 Å². The largest absolute Gasteiger partial charge is 0.383 e. The van der Waals surface area contributed by atoms with Gasteiger partial charge in [-0.2, -0.15) is 0 Å². The van der Waals surface area contributed by atoms with Gasteiger partial charge in [0, 0.05) is 30.1 Å². The van der Waals surface area contributed by atoms with Gasteiger partial charge in [0.25, 0.3) is 5.91 Å². The van der Waals surface area contributed by atoms with Crippen LogP contribution in [0.4, 0.5) is 5.82 Å². The number of hydrogen-bond acceptors (Lipinski definition) is 5. The highest BCUT2D eigenvalue weighted by molar-refractivity contribution is 6.00. The predicted molar refractivity (Wildman–Crippen MR) is 110 cm³/mol. The lowest BCUT2D eigenvalue weighted by molar-refractivity contribution is 0.0951. The highest BCUT2D eigenvalue weighted by Crippen LogP contribution is 2.28. The minimum absolute atomic E-state index is 0.134. The van der Waals surface area contributed by atoms with E-state index >= 15 is 0 Å². The van der Waals surface area contributed by atoms with E-state index in [1.807, 2.05) is 43.3 Å². The van der Waals surface area contributed by atoms with Gasteiger partial charge in [0.2, 0.25) is 0 Å². The molecule has 2 aromatic carbocycles. The van der Waals surface area contributed by atoms with Crippen molar-refractivity contribution in [3.63, 3.8) is 0 Å². The number of pyridine rings is 1. The summed E-state index contributed by atoms with van der Waals surface area (Å²) in [5, 5.41) is 3.66. The molecule has 138 valence electrons.